The van der Waals surface area contributed by atoms with Gasteiger partial charge in [0.1, 0.15) is 6.07 Å². The number of aromatic nitrogens is 1. The highest BCUT2D eigenvalue weighted by Crippen LogP contribution is 2.37. The van der Waals surface area contributed by atoms with Crippen LogP contribution in [0, 0.1) is 11.3 Å². The molecule has 0 aliphatic carbocycles. The third-order valence-electron chi connectivity index (χ3n) is 6.26. The highest BCUT2D eigenvalue weighted by molar-refractivity contribution is 6.10. The third-order valence-corrected chi connectivity index (χ3v) is 6.26. The molecule has 1 heterocycles. The Kier molecular flexibility index (Phi) is 4.53. The number of nitrogens with zero attached hydrogens (tertiary/aromatic N) is 2. The van der Waals surface area contributed by atoms with E-state index in [9.17, 15) is 5.26 Å². The SMILES string of the molecule is N#Cc1c(-c2ccccc2)cccc1-n1c2ccccc2c2cc(-c3ccccc3)ccc21. The molecule has 0 amide bonds. The quantitative estimate of drug-likeness (QED) is 0.285. The van der Waals surface area contributed by atoms with Gasteiger partial charge in [0, 0.05) is 16.3 Å². The van der Waals surface area contributed by atoms with Gasteiger partial charge in [-0.1, -0.05) is 97.1 Å². The fraction of sp³-hybridized carbons (Fsp3) is 0. The molecule has 1 aromatic heterocycles. The summed E-state index contributed by atoms with van der Waals surface area (Å²) >= 11 is 0. The summed E-state index contributed by atoms with van der Waals surface area (Å²) in [5, 5.41) is 12.6. The number of benzene rings is 5. The van der Waals surface area contributed by atoms with Crippen molar-refractivity contribution in [3.8, 4) is 34.0 Å². The van der Waals surface area contributed by atoms with Crippen LogP contribution in [0.2, 0.25) is 0 Å². The Morgan fingerprint density at radius 3 is 1.94 bits per heavy atom. The summed E-state index contributed by atoms with van der Waals surface area (Å²) in [7, 11) is 0. The van der Waals surface area contributed by atoms with E-state index in [0.717, 1.165) is 27.8 Å². The second-order valence-corrected chi connectivity index (χ2v) is 8.13. The Hall–Kier alpha value is -4.61. The predicted molar refractivity (Wildman–Crippen MR) is 136 cm³/mol. The smallest absolute Gasteiger partial charge is 0.102 e. The summed E-state index contributed by atoms with van der Waals surface area (Å²) in [6.07, 6.45) is 0. The second-order valence-electron chi connectivity index (χ2n) is 8.13. The van der Waals surface area contributed by atoms with E-state index in [-0.39, 0.29) is 0 Å². The largest absolute Gasteiger partial charge is 0.308 e. The lowest BCUT2D eigenvalue weighted by molar-refractivity contribution is 1.17. The molecule has 0 aliphatic rings. The van der Waals surface area contributed by atoms with Crippen LogP contribution in [0.25, 0.3) is 49.7 Å². The van der Waals surface area contributed by atoms with E-state index >= 15 is 0 Å². The Labute approximate surface area is 192 Å². The predicted octanol–water partition coefficient (Wildman–Crippen LogP) is 7.99. The van der Waals surface area contributed by atoms with E-state index in [4.69, 9.17) is 0 Å². The van der Waals surface area contributed by atoms with Crippen molar-refractivity contribution in [2.24, 2.45) is 0 Å². The van der Waals surface area contributed by atoms with Crippen LogP contribution in [0.4, 0.5) is 0 Å². The fourth-order valence-corrected chi connectivity index (χ4v) is 4.74. The maximum absolute atomic E-state index is 10.2. The van der Waals surface area contributed by atoms with Crippen molar-refractivity contribution in [1.29, 1.82) is 5.26 Å². The van der Waals surface area contributed by atoms with Gasteiger partial charge in [-0.25, -0.2) is 0 Å². The van der Waals surface area contributed by atoms with Crippen LogP contribution in [0.15, 0.2) is 121 Å². The first-order chi connectivity index (χ1) is 16.3. The van der Waals surface area contributed by atoms with Gasteiger partial charge in [0.05, 0.1) is 22.3 Å². The van der Waals surface area contributed by atoms with Crippen molar-refractivity contribution >= 4 is 21.8 Å². The molecule has 2 heteroatoms. The highest BCUT2D eigenvalue weighted by atomic mass is 15.0. The molecule has 0 radical (unpaired) electrons. The van der Waals surface area contributed by atoms with Gasteiger partial charge in [-0.05, 0) is 41.0 Å². The second kappa shape index (κ2) is 7.82. The number of hydrogen-bond acceptors (Lipinski definition) is 1. The van der Waals surface area contributed by atoms with Crippen LogP contribution in [0.3, 0.4) is 0 Å². The van der Waals surface area contributed by atoms with E-state index in [1.165, 1.54) is 21.9 Å². The number of rotatable bonds is 3. The summed E-state index contributed by atoms with van der Waals surface area (Å²) < 4.78 is 2.23. The Bertz CT molecular complexity index is 1650. The van der Waals surface area contributed by atoms with Gasteiger partial charge in [-0.3, -0.25) is 0 Å². The minimum absolute atomic E-state index is 0.679. The number of nitriles is 1. The molecule has 0 atom stereocenters. The summed E-state index contributed by atoms with van der Waals surface area (Å²) in [5.41, 5.74) is 8.14. The van der Waals surface area contributed by atoms with E-state index in [2.05, 4.69) is 89.5 Å². The topological polar surface area (TPSA) is 28.7 Å². The summed E-state index contributed by atoms with van der Waals surface area (Å²) in [6.45, 7) is 0. The molecule has 0 N–H and O–H groups in total. The maximum Gasteiger partial charge on any atom is 0.102 e. The van der Waals surface area contributed by atoms with Crippen molar-refractivity contribution < 1.29 is 0 Å². The number of hydrogen-bond donors (Lipinski definition) is 0. The van der Waals surface area contributed by atoms with Gasteiger partial charge < -0.3 is 4.57 Å². The van der Waals surface area contributed by atoms with Crippen molar-refractivity contribution in [3.05, 3.63) is 127 Å². The van der Waals surface area contributed by atoms with Gasteiger partial charge in [0.2, 0.25) is 0 Å². The Morgan fingerprint density at radius 1 is 0.515 bits per heavy atom. The molecule has 6 rings (SSSR count). The summed E-state index contributed by atoms with van der Waals surface area (Å²) in [5.74, 6) is 0. The van der Waals surface area contributed by atoms with E-state index in [1.54, 1.807) is 0 Å². The standard InChI is InChI=1S/C31H20N2/c32-21-28-25(23-12-5-2-6-13-23)15-9-17-30(28)33-29-16-8-7-14-26(29)27-20-24(18-19-31(27)33)22-10-3-1-4-11-22/h1-20H. The molecule has 0 saturated heterocycles. The average Bonchev–Trinajstić information content (AvgIpc) is 3.23. The lowest BCUT2D eigenvalue weighted by Crippen LogP contribution is -1.99. The van der Waals surface area contributed by atoms with E-state index in [0.29, 0.717) is 5.56 Å². The molecule has 0 bridgehead atoms. The van der Waals surface area contributed by atoms with Crippen molar-refractivity contribution in [2.45, 2.75) is 0 Å². The minimum atomic E-state index is 0.679. The van der Waals surface area contributed by atoms with Crippen LogP contribution in [-0.2, 0) is 0 Å². The molecule has 0 fully saturated rings. The fourth-order valence-electron chi connectivity index (χ4n) is 4.74. The summed E-state index contributed by atoms with van der Waals surface area (Å²) in [6, 6.07) is 44.2. The monoisotopic (exact) mass is 420 g/mol. The third kappa shape index (κ3) is 3.11. The molecule has 0 unspecified atom stereocenters. The van der Waals surface area contributed by atoms with Crippen molar-refractivity contribution in [2.75, 3.05) is 0 Å². The van der Waals surface area contributed by atoms with Gasteiger partial charge in [0.15, 0.2) is 0 Å². The van der Waals surface area contributed by atoms with Crippen LogP contribution in [0.5, 0.6) is 0 Å². The average molecular weight is 421 g/mol. The molecule has 5 aromatic carbocycles. The molecule has 6 aromatic rings. The minimum Gasteiger partial charge on any atom is -0.308 e. The van der Waals surface area contributed by atoms with Crippen LogP contribution in [0.1, 0.15) is 5.56 Å². The lowest BCUT2D eigenvalue weighted by Gasteiger charge is -2.13. The number of fused-ring (bicyclic) bond motifs is 3. The Morgan fingerprint density at radius 2 is 1.18 bits per heavy atom. The van der Waals surface area contributed by atoms with Gasteiger partial charge in [-0.15, -0.1) is 0 Å². The molecule has 33 heavy (non-hydrogen) atoms. The first-order valence-electron chi connectivity index (χ1n) is 11.0. The molecule has 154 valence electrons. The zero-order valence-electron chi connectivity index (χ0n) is 17.9. The van der Waals surface area contributed by atoms with E-state index < -0.39 is 0 Å². The van der Waals surface area contributed by atoms with Gasteiger partial charge >= 0.3 is 0 Å². The van der Waals surface area contributed by atoms with Gasteiger partial charge in [0.25, 0.3) is 0 Å². The van der Waals surface area contributed by atoms with Crippen molar-refractivity contribution in [1.82, 2.24) is 4.57 Å². The van der Waals surface area contributed by atoms with Crippen LogP contribution >= 0.6 is 0 Å². The molecule has 0 aliphatic heterocycles. The summed E-state index contributed by atoms with van der Waals surface area (Å²) in [4.78, 5) is 0. The van der Waals surface area contributed by atoms with Crippen LogP contribution in [-0.4, -0.2) is 4.57 Å². The van der Waals surface area contributed by atoms with Crippen LogP contribution < -0.4 is 0 Å². The zero-order valence-corrected chi connectivity index (χ0v) is 17.9. The maximum atomic E-state index is 10.2. The molecular weight excluding hydrogens is 400 g/mol. The molecule has 0 spiro atoms. The highest BCUT2D eigenvalue weighted by Gasteiger charge is 2.17. The number of para-hydroxylation sites is 1. The van der Waals surface area contributed by atoms with Gasteiger partial charge in [-0.2, -0.15) is 5.26 Å². The molecule has 0 saturated carbocycles. The first kappa shape index (κ1) is 19.1. The normalized spacial score (nSPS) is 11.0. The molecular formula is C31H20N2. The lowest BCUT2D eigenvalue weighted by atomic mass is 9.98. The van der Waals surface area contributed by atoms with E-state index in [1.807, 2.05) is 42.5 Å². The Balaban J connectivity index is 1.66. The van der Waals surface area contributed by atoms with Crippen molar-refractivity contribution in [3.63, 3.8) is 0 Å². The molecule has 2 nitrogen and oxygen atoms in total. The zero-order chi connectivity index (χ0) is 22.2. The first-order valence-corrected chi connectivity index (χ1v) is 11.0.